The minimum absolute atomic E-state index is 0.342. The van der Waals surface area contributed by atoms with E-state index < -0.39 is 0 Å². The van der Waals surface area contributed by atoms with Crippen LogP contribution in [0.15, 0.2) is 27.2 Å². The monoisotopic (exact) mass is 331 g/mol. The number of hydrogen-bond acceptors (Lipinski definition) is 6. The number of ether oxygens (including phenoxy) is 1. The lowest BCUT2D eigenvalue weighted by Gasteiger charge is -2.34. The molecule has 2 fully saturated rings. The molecular formula is C18H25N3O3. The fourth-order valence-corrected chi connectivity index (χ4v) is 3.87. The van der Waals surface area contributed by atoms with Gasteiger partial charge in [0.05, 0.1) is 25.5 Å². The third-order valence-electron chi connectivity index (χ3n) is 5.10. The van der Waals surface area contributed by atoms with Crippen molar-refractivity contribution in [2.24, 2.45) is 5.92 Å². The van der Waals surface area contributed by atoms with Crippen LogP contribution in [0, 0.1) is 5.92 Å². The molecule has 0 amide bonds. The summed E-state index contributed by atoms with van der Waals surface area (Å²) < 4.78 is 17.0. The summed E-state index contributed by atoms with van der Waals surface area (Å²) in [6.07, 6.45) is 10.1. The van der Waals surface area contributed by atoms with Gasteiger partial charge < -0.3 is 13.6 Å². The van der Waals surface area contributed by atoms with E-state index in [1.807, 2.05) is 12.1 Å². The molecule has 4 rings (SSSR count). The topological polar surface area (TPSA) is 64.5 Å². The van der Waals surface area contributed by atoms with Gasteiger partial charge in [0.1, 0.15) is 0 Å². The number of hydrogen-bond donors (Lipinski definition) is 0. The first-order chi connectivity index (χ1) is 11.9. The highest BCUT2D eigenvalue weighted by Gasteiger charge is 2.26. The second-order valence-corrected chi connectivity index (χ2v) is 6.95. The van der Waals surface area contributed by atoms with Crippen molar-refractivity contribution in [1.29, 1.82) is 0 Å². The highest BCUT2D eigenvalue weighted by molar-refractivity contribution is 5.42. The second-order valence-electron chi connectivity index (χ2n) is 6.95. The molecule has 0 radical (unpaired) electrons. The van der Waals surface area contributed by atoms with Crippen molar-refractivity contribution in [2.45, 2.75) is 51.2 Å². The highest BCUT2D eigenvalue weighted by atomic mass is 16.5. The number of morpholine rings is 1. The fourth-order valence-electron chi connectivity index (χ4n) is 3.87. The maximum absolute atomic E-state index is 5.99. The maximum atomic E-state index is 5.99. The van der Waals surface area contributed by atoms with Gasteiger partial charge in [-0.1, -0.05) is 32.1 Å². The molecule has 2 aliphatic rings. The van der Waals surface area contributed by atoms with Crippen molar-refractivity contribution < 1.29 is 13.6 Å². The van der Waals surface area contributed by atoms with Gasteiger partial charge in [-0.25, -0.2) is 0 Å². The van der Waals surface area contributed by atoms with Gasteiger partial charge in [-0.3, -0.25) is 4.90 Å². The van der Waals surface area contributed by atoms with Crippen molar-refractivity contribution in [3.8, 4) is 11.7 Å². The largest absolute Gasteiger partial charge is 0.459 e. The van der Waals surface area contributed by atoms with Crippen LogP contribution in [-0.4, -0.2) is 40.9 Å². The molecule has 1 aliphatic carbocycles. The second kappa shape index (κ2) is 7.49. The quantitative estimate of drug-likeness (QED) is 0.835. The number of rotatable bonds is 5. The van der Waals surface area contributed by atoms with Gasteiger partial charge >= 0.3 is 0 Å². The average Bonchev–Trinajstić information content (AvgIpc) is 3.27. The fraction of sp³-hybridized carbons (Fsp3) is 0.667. The van der Waals surface area contributed by atoms with Gasteiger partial charge in [-0.2, -0.15) is 0 Å². The summed E-state index contributed by atoms with van der Waals surface area (Å²) in [5.41, 5.74) is 0. The molecule has 1 aliphatic heterocycles. The molecule has 130 valence electrons. The first kappa shape index (κ1) is 15.8. The van der Waals surface area contributed by atoms with E-state index in [4.69, 9.17) is 13.6 Å². The number of furan rings is 1. The summed E-state index contributed by atoms with van der Waals surface area (Å²) in [6, 6.07) is 3.64. The maximum Gasteiger partial charge on any atom is 0.283 e. The molecule has 1 saturated heterocycles. The Morgan fingerprint density at radius 3 is 2.92 bits per heavy atom. The van der Waals surface area contributed by atoms with Gasteiger partial charge in [-0.15, -0.1) is 10.2 Å². The van der Waals surface area contributed by atoms with E-state index in [1.54, 1.807) is 6.26 Å². The van der Waals surface area contributed by atoms with Crippen LogP contribution in [0.25, 0.3) is 11.7 Å². The van der Waals surface area contributed by atoms with Gasteiger partial charge in [0.2, 0.25) is 5.89 Å². The Hall–Kier alpha value is -1.66. The first-order valence-electron chi connectivity index (χ1n) is 9.07. The Bertz CT molecular complexity index is 619. The van der Waals surface area contributed by atoms with Gasteiger partial charge in [0.15, 0.2) is 5.76 Å². The Morgan fingerprint density at radius 1 is 1.17 bits per heavy atom. The van der Waals surface area contributed by atoms with Crippen LogP contribution in [0.4, 0.5) is 0 Å². The van der Waals surface area contributed by atoms with Crippen LogP contribution in [-0.2, 0) is 11.3 Å². The molecule has 2 aromatic heterocycles. The zero-order valence-electron chi connectivity index (χ0n) is 14.0. The van der Waals surface area contributed by atoms with Crippen molar-refractivity contribution in [3.05, 3.63) is 24.3 Å². The van der Waals surface area contributed by atoms with Gasteiger partial charge in [0.25, 0.3) is 5.89 Å². The van der Waals surface area contributed by atoms with E-state index in [0.29, 0.717) is 30.2 Å². The summed E-state index contributed by atoms with van der Waals surface area (Å²) in [5, 5.41) is 8.22. The molecule has 0 N–H and O–H groups in total. The highest BCUT2D eigenvalue weighted by Crippen LogP contribution is 2.29. The smallest absolute Gasteiger partial charge is 0.283 e. The zero-order valence-corrected chi connectivity index (χ0v) is 14.0. The Balaban J connectivity index is 1.31. The Morgan fingerprint density at radius 2 is 2.08 bits per heavy atom. The minimum atomic E-state index is 0.342. The molecular weight excluding hydrogens is 306 g/mol. The predicted molar refractivity (Wildman–Crippen MR) is 88.2 cm³/mol. The molecule has 0 bridgehead atoms. The van der Waals surface area contributed by atoms with Crippen LogP contribution in [0.1, 0.15) is 44.4 Å². The SMILES string of the molecule is c1coc(-c2nnc(CN3CCO[C@@H](CC4CCCCC4)C3)o2)c1. The summed E-state index contributed by atoms with van der Waals surface area (Å²) in [4.78, 5) is 2.36. The number of nitrogens with zero attached hydrogens (tertiary/aromatic N) is 3. The Kier molecular flexibility index (Phi) is 4.94. The van der Waals surface area contributed by atoms with Crippen LogP contribution in [0.5, 0.6) is 0 Å². The standard InChI is InChI=1S/C18H25N3O3/c1-2-5-14(6-3-1)11-15-12-21(8-10-22-15)13-17-19-20-18(24-17)16-7-4-9-23-16/h4,7,9,14-15H,1-3,5-6,8,10-13H2/t15-/m0/s1. The summed E-state index contributed by atoms with van der Waals surface area (Å²) >= 11 is 0. The third-order valence-corrected chi connectivity index (χ3v) is 5.10. The van der Waals surface area contributed by atoms with E-state index in [-0.39, 0.29) is 0 Å². The van der Waals surface area contributed by atoms with Gasteiger partial charge in [0, 0.05) is 13.1 Å². The van der Waals surface area contributed by atoms with Crippen molar-refractivity contribution in [3.63, 3.8) is 0 Å². The summed E-state index contributed by atoms with van der Waals surface area (Å²) in [7, 11) is 0. The molecule has 0 spiro atoms. The van der Waals surface area contributed by atoms with Crippen LogP contribution in [0.3, 0.4) is 0 Å². The van der Waals surface area contributed by atoms with Crippen LogP contribution in [0.2, 0.25) is 0 Å². The molecule has 24 heavy (non-hydrogen) atoms. The molecule has 0 aromatic carbocycles. The molecule has 2 aromatic rings. The zero-order chi connectivity index (χ0) is 16.2. The molecule has 0 unspecified atom stereocenters. The van der Waals surface area contributed by atoms with Crippen LogP contribution < -0.4 is 0 Å². The van der Waals surface area contributed by atoms with E-state index in [2.05, 4.69) is 15.1 Å². The molecule has 6 heteroatoms. The van der Waals surface area contributed by atoms with Crippen LogP contribution >= 0.6 is 0 Å². The summed E-state index contributed by atoms with van der Waals surface area (Å²) in [6.45, 7) is 3.34. The number of aromatic nitrogens is 2. The Labute approximate surface area is 142 Å². The average molecular weight is 331 g/mol. The lowest BCUT2D eigenvalue weighted by molar-refractivity contribution is -0.0458. The van der Waals surface area contributed by atoms with E-state index in [9.17, 15) is 0 Å². The minimum Gasteiger partial charge on any atom is -0.459 e. The molecule has 1 atom stereocenters. The van der Waals surface area contributed by atoms with E-state index in [0.717, 1.165) is 25.6 Å². The molecule has 1 saturated carbocycles. The summed E-state index contributed by atoms with van der Waals surface area (Å²) in [5.74, 6) is 2.55. The normalized spacial score (nSPS) is 23.6. The lowest BCUT2D eigenvalue weighted by Crippen LogP contribution is -2.42. The van der Waals surface area contributed by atoms with Gasteiger partial charge in [-0.05, 0) is 24.5 Å². The molecule has 3 heterocycles. The first-order valence-corrected chi connectivity index (χ1v) is 9.07. The van der Waals surface area contributed by atoms with Crippen molar-refractivity contribution in [1.82, 2.24) is 15.1 Å². The van der Waals surface area contributed by atoms with E-state index >= 15 is 0 Å². The lowest BCUT2D eigenvalue weighted by atomic mass is 9.85. The molecule has 6 nitrogen and oxygen atoms in total. The predicted octanol–water partition coefficient (Wildman–Crippen LogP) is 3.50. The van der Waals surface area contributed by atoms with Crippen molar-refractivity contribution >= 4 is 0 Å². The van der Waals surface area contributed by atoms with Crippen molar-refractivity contribution in [2.75, 3.05) is 19.7 Å². The van der Waals surface area contributed by atoms with E-state index in [1.165, 1.54) is 38.5 Å². The third kappa shape index (κ3) is 3.87.